The first-order chi connectivity index (χ1) is 9.85. The maximum Gasteiger partial charge on any atom is 0.0655 e. The van der Waals surface area contributed by atoms with E-state index in [0.29, 0.717) is 6.42 Å². The number of nitriles is 2. The van der Waals surface area contributed by atoms with Crippen LogP contribution in [-0.4, -0.2) is 0 Å². The van der Waals surface area contributed by atoms with E-state index in [0.717, 1.165) is 25.7 Å². The standard InChI is InChI=1S/C18H32N2/c1-2-3-4-5-6-7-8-9-11-14-18(17-20)15-12-10-13-16-19/h18H,2-15H2,1H3. The number of nitrogens with zero attached hydrogens (tertiary/aromatic N) is 2. The predicted molar refractivity (Wildman–Crippen MR) is 85.0 cm³/mol. The molecule has 114 valence electrons. The highest BCUT2D eigenvalue weighted by Gasteiger charge is 2.06. The largest absolute Gasteiger partial charge is 0.198 e. The smallest absolute Gasteiger partial charge is 0.0655 e. The lowest BCUT2D eigenvalue weighted by molar-refractivity contribution is 0.480. The highest BCUT2D eigenvalue weighted by atomic mass is 14.3. The first-order valence-electron chi connectivity index (χ1n) is 8.61. The molecule has 0 fully saturated rings. The van der Waals surface area contributed by atoms with Crippen molar-refractivity contribution >= 4 is 0 Å². The third-order valence-corrected chi connectivity index (χ3v) is 3.93. The molecule has 0 saturated heterocycles. The molecule has 0 saturated carbocycles. The number of unbranched alkanes of at least 4 members (excludes halogenated alkanes) is 10. The zero-order chi connectivity index (χ0) is 14.9. The monoisotopic (exact) mass is 276 g/mol. The van der Waals surface area contributed by atoms with E-state index in [-0.39, 0.29) is 5.92 Å². The van der Waals surface area contributed by atoms with Gasteiger partial charge in [0.1, 0.15) is 0 Å². The van der Waals surface area contributed by atoms with E-state index in [4.69, 9.17) is 10.5 Å². The van der Waals surface area contributed by atoms with E-state index < -0.39 is 0 Å². The van der Waals surface area contributed by atoms with Gasteiger partial charge in [-0.05, 0) is 19.3 Å². The second-order valence-corrected chi connectivity index (χ2v) is 5.85. The molecule has 0 aliphatic carbocycles. The minimum Gasteiger partial charge on any atom is -0.198 e. The van der Waals surface area contributed by atoms with Gasteiger partial charge >= 0.3 is 0 Å². The lowest BCUT2D eigenvalue weighted by Crippen LogP contribution is -1.97. The number of rotatable bonds is 14. The molecule has 0 aromatic carbocycles. The molecule has 0 amide bonds. The summed E-state index contributed by atoms with van der Waals surface area (Å²) in [5, 5.41) is 17.6. The van der Waals surface area contributed by atoms with Crippen LogP contribution in [0, 0.1) is 28.6 Å². The van der Waals surface area contributed by atoms with Crippen molar-refractivity contribution in [2.75, 3.05) is 0 Å². The van der Waals surface area contributed by atoms with Crippen LogP contribution in [0.1, 0.15) is 96.8 Å². The van der Waals surface area contributed by atoms with Gasteiger partial charge in [-0.25, -0.2) is 0 Å². The van der Waals surface area contributed by atoms with E-state index in [1.54, 1.807) is 0 Å². The van der Waals surface area contributed by atoms with Crippen LogP contribution in [0.25, 0.3) is 0 Å². The van der Waals surface area contributed by atoms with Crippen LogP contribution in [0.4, 0.5) is 0 Å². The second kappa shape index (κ2) is 16.0. The fourth-order valence-electron chi connectivity index (χ4n) is 2.57. The van der Waals surface area contributed by atoms with Crippen molar-refractivity contribution in [2.45, 2.75) is 96.8 Å². The van der Waals surface area contributed by atoms with Crippen molar-refractivity contribution in [3.63, 3.8) is 0 Å². The van der Waals surface area contributed by atoms with Crippen LogP contribution in [0.3, 0.4) is 0 Å². The van der Waals surface area contributed by atoms with E-state index in [9.17, 15) is 0 Å². The lowest BCUT2D eigenvalue weighted by Gasteiger charge is -2.08. The van der Waals surface area contributed by atoms with Gasteiger partial charge in [0.05, 0.1) is 12.1 Å². The second-order valence-electron chi connectivity index (χ2n) is 5.85. The Hall–Kier alpha value is -1.02. The summed E-state index contributed by atoms with van der Waals surface area (Å²) >= 11 is 0. The summed E-state index contributed by atoms with van der Waals surface area (Å²) in [4.78, 5) is 0. The first kappa shape index (κ1) is 19.0. The molecule has 0 aromatic rings. The maximum absolute atomic E-state index is 9.09. The van der Waals surface area contributed by atoms with Crippen molar-refractivity contribution in [3.05, 3.63) is 0 Å². The van der Waals surface area contributed by atoms with Crippen molar-refractivity contribution < 1.29 is 0 Å². The van der Waals surface area contributed by atoms with E-state index in [1.807, 2.05) is 0 Å². The first-order valence-corrected chi connectivity index (χ1v) is 8.61. The Bertz CT molecular complexity index is 272. The molecule has 0 heterocycles. The summed E-state index contributed by atoms with van der Waals surface area (Å²) in [6.45, 7) is 2.26. The summed E-state index contributed by atoms with van der Waals surface area (Å²) in [6.07, 6.45) is 16.7. The van der Waals surface area contributed by atoms with Crippen LogP contribution in [0.15, 0.2) is 0 Å². The summed E-state index contributed by atoms with van der Waals surface area (Å²) in [6, 6.07) is 4.58. The minimum atomic E-state index is 0.221. The van der Waals surface area contributed by atoms with Crippen LogP contribution in [-0.2, 0) is 0 Å². The Morgan fingerprint density at radius 1 is 0.700 bits per heavy atom. The molecule has 0 N–H and O–H groups in total. The van der Waals surface area contributed by atoms with Crippen LogP contribution in [0.5, 0.6) is 0 Å². The highest BCUT2D eigenvalue weighted by Crippen LogP contribution is 2.17. The SMILES string of the molecule is CCCCCCCCCCCC(C#N)CCCCC#N. The van der Waals surface area contributed by atoms with Crippen LogP contribution < -0.4 is 0 Å². The van der Waals surface area contributed by atoms with Gasteiger partial charge in [-0.1, -0.05) is 71.1 Å². The minimum absolute atomic E-state index is 0.221. The van der Waals surface area contributed by atoms with Gasteiger partial charge < -0.3 is 0 Å². The van der Waals surface area contributed by atoms with Crippen molar-refractivity contribution in [2.24, 2.45) is 5.92 Å². The Kier molecular flexibility index (Phi) is 15.2. The molecular formula is C18H32N2. The van der Waals surface area contributed by atoms with Crippen molar-refractivity contribution in [1.29, 1.82) is 10.5 Å². The molecular weight excluding hydrogens is 244 g/mol. The van der Waals surface area contributed by atoms with Crippen LogP contribution >= 0.6 is 0 Å². The fourth-order valence-corrected chi connectivity index (χ4v) is 2.57. The van der Waals surface area contributed by atoms with E-state index >= 15 is 0 Å². The van der Waals surface area contributed by atoms with Gasteiger partial charge in [0, 0.05) is 12.3 Å². The van der Waals surface area contributed by atoms with Gasteiger partial charge in [0.15, 0.2) is 0 Å². The zero-order valence-electron chi connectivity index (χ0n) is 13.4. The normalized spacial score (nSPS) is 11.8. The van der Waals surface area contributed by atoms with Gasteiger partial charge in [-0.3, -0.25) is 0 Å². The lowest BCUT2D eigenvalue weighted by atomic mass is 9.96. The molecule has 0 rings (SSSR count). The molecule has 2 nitrogen and oxygen atoms in total. The number of hydrogen-bond donors (Lipinski definition) is 0. The molecule has 0 aromatic heterocycles. The van der Waals surface area contributed by atoms with E-state index in [2.05, 4.69) is 19.1 Å². The van der Waals surface area contributed by atoms with Gasteiger partial charge in [-0.2, -0.15) is 10.5 Å². The Morgan fingerprint density at radius 2 is 1.20 bits per heavy atom. The topological polar surface area (TPSA) is 47.6 Å². The maximum atomic E-state index is 9.09. The summed E-state index contributed by atoms with van der Waals surface area (Å²) in [5.74, 6) is 0.221. The summed E-state index contributed by atoms with van der Waals surface area (Å²) < 4.78 is 0. The third-order valence-electron chi connectivity index (χ3n) is 3.93. The molecule has 1 unspecified atom stereocenters. The quantitative estimate of drug-likeness (QED) is 0.358. The van der Waals surface area contributed by atoms with Crippen molar-refractivity contribution in [1.82, 2.24) is 0 Å². The molecule has 0 aliphatic heterocycles. The van der Waals surface area contributed by atoms with Crippen LogP contribution in [0.2, 0.25) is 0 Å². The van der Waals surface area contributed by atoms with Crippen molar-refractivity contribution in [3.8, 4) is 12.1 Å². The predicted octanol–water partition coefficient (Wildman–Crippen LogP) is 6.13. The third kappa shape index (κ3) is 13.4. The Balaban J connectivity index is 3.30. The van der Waals surface area contributed by atoms with E-state index in [1.165, 1.54) is 57.8 Å². The number of hydrogen-bond acceptors (Lipinski definition) is 2. The molecule has 0 bridgehead atoms. The molecule has 2 heteroatoms. The average molecular weight is 276 g/mol. The van der Waals surface area contributed by atoms with Gasteiger partial charge in [0.2, 0.25) is 0 Å². The average Bonchev–Trinajstić information content (AvgIpc) is 2.47. The highest BCUT2D eigenvalue weighted by molar-refractivity contribution is 4.82. The Labute approximate surface area is 126 Å². The molecule has 1 atom stereocenters. The molecule has 0 aliphatic rings. The Morgan fingerprint density at radius 3 is 1.70 bits per heavy atom. The van der Waals surface area contributed by atoms with Gasteiger partial charge in [-0.15, -0.1) is 0 Å². The fraction of sp³-hybridized carbons (Fsp3) is 0.889. The van der Waals surface area contributed by atoms with Gasteiger partial charge in [0.25, 0.3) is 0 Å². The zero-order valence-corrected chi connectivity index (χ0v) is 13.4. The molecule has 0 radical (unpaired) electrons. The molecule has 0 spiro atoms. The summed E-state index contributed by atoms with van der Waals surface area (Å²) in [7, 11) is 0. The molecule has 20 heavy (non-hydrogen) atoms. The summed E-state index contributed by atoms with van der Waals surface area (Å²) in [5.41, 5.74) is 0.